The number of piperazine rings is 1. The fraction of sp³-hybridized carbons (Fsp3) is 0.258. The summed E-state index contributed by atoms with van der Waals surface area (Å²) in [6.07, 6.45) is 3.73. The van der Waals surface area contributed by atoms with E-state index in [1.165, 1.54) is 18.7 Å². The number of furan rings is 1. The zero-order valence-corrected chi connectivity index (χ0v) is 24.6. The molecule has 0 bridgehead atoms. The number of rotatable bonds is 11. The molecule has 0 saturated carbocycles. The molecule has 3 heterocycles. The SMILES string of the molecule is COCCOc1ccc(N2CCN(C(=O)C(Nc3ncn[nH]c(-c4ccco4)nc(N)c3C=N)c3ccccc3)CC2)c(F)c1. The van der Waals surface area contributed by atoms with Gasteiger partial charge in [-0.3, -0.25) is 9.89 Å². The Balaban J connectivity index is 1.37. The van der Waals surface area contributed by atoms with Crippen molar-refractivity contribution in [1.82, 2.24) is 25.1 Å². The highest BCUT2D eigenvalue weighted by Crippen LogP contribution is 2.28. The smallest absolute Gasteiger partial charge is 0.249 e. The van der Waals surface area contributed by atoms with Crippen LogP contribution in [0.3, 0.4) is 0 Å². The van der Waals surface area contributed by atoms with Gasteiger partial charge in [-0.2, -0.15) is 5.10 Å². The van der Waals surface area contributed by atoms with Crippen LogP contribution >= 0.6 is 0 Å². The molecule has 2 aromatic heterocycles. The average Bonchev–Trinajstić information content (AvgIpc) is 3.62. The number of aromatic nitrogens is 4. The van der Waals surface area contributed by atoms with Gasteiger partial charge < -0.3 is 40.2 Å². The number of carbonyl (C=O) groups is 1. The molecule has 1 fully saturated rings. The summed E-state index contributed by atoms with van der Waals surface area (Å²) in [5.74, 6) is 0.516. The molecule has 1 unspecified atom stereocenters. The van der Waals surface area contributed by atoms with Gasteiger partial charge in [0.15, 0.2) is 11.6 Å². The molecule has 1 aliphatic rings. The fourth-order valence-corrected chi connectivity index (χ4v) is 4.85. The molecule has 1 atom stereocenters. The lowest BCUT2D eigenvalue weighted by Gasteiger charge is -2.38. The number of benzene rings is 2. The topological polar surface area (TPSA) is 172 Å². The first-order valence-electron chi connectivity index (χ1n) is 14.2. The molecule has 1 amide bonds. The second kappa shape index (κ2) is 14.8. The van der Waals surface area contributed by atoms with Crippen molar-refractivity contribution in [2.24, 2.45) is 0 Å². The maximum atomic E-state index is 15.0. The van der Waals surface area contributed by atoms with E-state index in [1.807, 2.05) is 35.2 Å². The fourth-order valence-electron chi connectivity index (χ4n) is 4.85. The van der Waals surface area contributed by atoms with Crippen LogP contribution in [-0.4, -0.2) is 83.7 Å². The summed E-state index contributed by atoms with van der Waals surface area (Å²) in [4.78, 5) is 26.4. The minimum absolute atomic E-state index is 0.0364. The Morgan fingerprint density at radius 2 is 1.96 bits per heavy atom. The van der Waals surface area contributed by atoms with Crippen molar-refractivity contribution >= 4 is 29.4 Å². The predicted octanol–water partition coefficient (Wildman–Crippen LogP) is 3.83. The molecule has 234 valence electrons. The van der Waals surface area contributed by atoms with E-state index < -0.39 is 11.9 Å². The number of hydrogen-bond acceptors (Lipinski definition) is 11. The number of aromatic amines is 1. The summed E-state index contributed by atoms with van der Waals surface area (Å²) in [6, 6.07) is 16.4. The van der Waals surface area contributed by atoms with E-state index in [9.17, 15) is 9.18 Å². The Morgan fingerprint density at radius 1 is 1.16 bits per heavy atom. The van der Waals surface area contributed by atoms with Crippen molar-refractivity contribution in [1.29, 1.82) is 5.41 Å². The van der Waals surface area contributed by atoms with Crippen LogP contribution in [0, 0.1) is 11.2 Å². The maximum absolute atomic E-state index is 15.0. The summed E-state index contributed by atoms with van der Waals surface area (Å²) in [5, 5.41) is 18.1. The van der Waals surface area contributed by atoms with Crippen molar-refractivity contribution in [2.75, 3.05) is 62.5 Å². The number of nitrogen functional groups attached to an aromatic ring is 1. The van der Waals surface area contributed by atoms with Crippen molar-refractivity contribution in [3.05, 3.63) is 90.2 Å². The van der Waals surface area contributed by atoms with Crippen LogP contribution in [0.5, 0.6) is 5.75 Å². The second-order valence-electron chi connectivity index (χ2n) is 9.97. The standard InChI is InChI=1S/C31H34FN9O4/c1-43-16-17-44-22-9-10-25(24(32)18-22)40-11-13-41(14-12-40)31(42)27(21-6-3-2-4-7-21)37-29-23(19-33)28(34)38-30(39-36-20-35-29)26-8-5-15-45-26/h2-10,15,18-20,27,33H,11-14,16-17,34H2,1H3,(H,38,39)(H,35,36,37). The quantitative estimate of drug-likeness (QED) is 0.144. The molecule has 1 saturated heterocycles. The van der Waals surface area contributed by atoms with E-state index in [0.29, 0.717) is 62.2 Å². The largest absolute Gasteiger partial charge is 0.491 e. The first-order valence-corrected chi connectivity index (χ1v) is 14.2. The first kappa shape index (κ1) is 30.9. The van der Waals surface area contributed by atoms with Gasteiger partial charge in [0.05, 0.1) is 24.1 Å². The Bertz CT molecular complexity index is 1640. The number of halogens is 1. The van der Waals surface area contributed by atoms with Gasteiger partial charge in [-0.1, -0.05) is 30.3 Å². The molecule has 0 aliphatic carbocycles. The second-order valence-corrected chi connectivity index (χ2v) is 9.97. The number of carbonyl (C=O) groups excluding carboxylic acids is 1. The zero-order chi connectivity index (χ0) is 31.6. The van der Waals surface area contributed by atoms with Gasteiger partial charge in [-0.05, 0) is 29.8 Å². The molecule has 5 rings (SSSR count). The summed E-state index contributed by atoms with van der Waals surface area (Å²) in [7, 11) is 1.57. The van der Waals surface area contributed by atoms with Crippen LogP contribution in [-0.2, 0) is 9.53 Å². The van der Waals surface area contributed by atoms with Crippen LogP contribution < -0.4 is 20.7 Å². The third-order valence-corrected chi connectivity index (χ3v) is 7.15. The highest BCUT2D eigenvalue weighted by molar-refractivity contribution is 5.92. The number of nitrogens with zero attached hydrogens (tertiary/aromatic N) is 5. The molecule has 5 N–H and O–H groups in total. The number of hydrogen-bond donors (Lipinski definition) is 4. The van der Waals surface area contributed by atoms with Crippen LogP contribution in [0.1, 0.15) is 17.2 Å². The van der Waals surface area contributed by atoms with E-state index in [2.05, 4.69) is 25.5 Å². The zero-order valence-electron chi connectivity index (χ0n) is 24.6. The van der Waals surface area contributed by atoms with Crippen LogP contribution in [0.15, 0.2) is 77.7 Å². The van der Waals surface area contributed by atoms with E-state index in [4.69, 9.17) is 25.0 Å². The third kappa shape index (κ3) is 7.54. The van der Waals surface area contributed by atoms with Gasteiger partial charge in [0.1, 0.15) is 42.2 Å². The molecule has 1 aliphatic heterocycles. The molecular weight excluding hydrogens is 581 g/mol. The summed E-state index contributed by atoms with van der Waals surface area (Å²) >= 11 is 0. The van der Waals surface area contributed by atoms with E-state index in [0.717, 1.165) is 6.21 Å². The minimum Gasteiger partial charge on any atom is -0.491 e. The lowest BCUT2D eigenvalue weighted by atomic mass is 10.0. The van der Waals surface area contributed by atoms with Gasteiger partial charge in [-0.15, -0.1) is 0 Å². The number of nitrogens with one attached hydrogen (secondary N) is 3. The molecule has 2 aromatic carbocycles. The summed E-state index contributed by atoms with van der Waals surface area (Å²) in [6.45, 7) is 2.31. The van der Waals surface area contributed by atoms with Gasteiger partial charge in [0, 0.05) is 45.6 Å². The monoisotopic (exact) mass is 615 g/mol. The highest BCUT2D eigenvalue weighted by Gasteiger charge is 2.30. The molecule has 0 radical (unpaired) electrons. The Kier molecular flexibility index (Phi) is 10.2. The molecule has 13 nitrogen and oxygen atoms in total. The normalized spacial score (nSPS) is 13.6. The van der Waals surface area contributed by atoms with E-state index >= 15 is 0 Å². The molecule has 14 heteroatoms. The lowest BCUT2D eigenvalue weighted by molar-refractivity contribution is -0.132. The van der Waals surface area contributed by atoms with Crippen molar-refractivity contribution in [2.45, 2.75) is 6.04 Å². The Labute approximate surface area is 259 Å². The third-order valence-electron chi connectivity index (χ3n) is 7.15. The number of nitrogens with two attached hydrogens (primary N) is 1. The van der Waals surface area contributed by atoms with Crippen molar-refractivity contribution < 1.29 is 23.1 Å². The maximum Gasteiger partial charge on any atom is 0.249 e. The highest BCUT2D eigenvalue weighted by atomic mass is 19.1. The van der Waals surface area contributed by atoms with Gasteiger partial charge in [0.25, 0.3) is 0 Å². The molecule has 4 aromatic rings. The number of methoxy groups -OCH3 is 1. The average molecular weight is 616 g/mol. The molecule has 45 heavy (non-hydrogen) atoms. The predicted molar refractivity (Wildman–Crippen MR) is 167 cm³/mol. The Hall–Kier alpha value is -5.50. The lowest BCUT2D eigenvalue weighted by Crippen LogP contribution is -2.51. The number of amides is 1. The number of anilines is 3. The van der Waals surface area contributed by atoms with Crippen LogP contribution in [0.2, 0.25) is 0 Å². The summed E-state index contributed by atoms with van der Waals surface area (Å²) in [5.41, 5.74) is 7.58. The van der Waals surface area contributed by atoms with Crippen LogP contribution in [0.25, 0.3) is 11.6 Å². The molecule has 0 spiro atoms. The van der Waals surface area contributed by atoms with Gasteiger partial charge in [-0.25, -0.2) is 14.4 Å². The number of H-pyrrole nitrogens is 1. The Morgan fingerprint density at radius 3 is 2.64 bits per heavy atom. The summed E-state index contributed by atoms with van der Waals surface area (Å²) < 4.78 is 30.9. The van der Waals surface area contributed by atoms with Gasteiger partial charge >= 0.3 is 0 Å². The van der Waals surface area contributed by atoms with Crippen molar-refractivity contribution in [3.63, 3.8) is 0 Å². The van der Waals surface area contributed by atoms with E-state index in [-0.39, 0.29) is 28.9 Å². The van der Waals surface area contributed by atoms with Crippen LogP contribution in [0.4, 0.5) is 21.7 Å². The van der Waals surface area contributed by atoms with Crippen molar-refractivity contribution in [3.8, 4) is 17.3 Å². The van der Waals surface area contributed by atoms with Gasteiger partial charge in [0.2, 0.25) is 5.91 Å². The van der Waals surface area contributed by atoms with E-state index in [1.54, 1.807) is 36.3 Å². The molecular formula is C31H34FN9O4. The minimum atomic E-state index is -0.879. The first-order chi connectivity index (χ1) is 22.0. The number of ether oxygens (including phenoxy) is 2.